The van der Waals surface area contributed by atoms with E-state index in [4.69, 9.17) is 39.1 Å². The number of carboxylic acid groups (broad SMARTS) is 3. The van der Waals surface area contributed by atoms with Crippen molar-refractivity contribution in [1.82, 2.24) is 25.1 Å². The average molecular weight is 1440 g/mol. The molecule has 12 rings (SSSR count). The van der Waals surface area contributed by atoms with Crippen molar-refractivity contribution in [3.8, 4) is 22.8 Å². The van der Waals surface area contributed by atoms with Gasteiger partial charge in [0.05, 0.1) is 47.8 Å². The maximum absolute atomic E-state index is 14.1. The van der Waals surface area contributed by atoms with Crippen LogP contribution in [0.3, 0.4) is 0 Å². The lowest BCUT2D eigenvalue weighted by Crippen LogP contribution is -2.64. The number of rotatable bonds is 33. The number of unbranched alkanes of at least 4 members (excludes halogenated alkanes) is 2. The number of carboxylic acids is 3. The molecule has 0 spiro atoms. The van der Waals surface area contributed by atoms with E-state index >= 15 is 0 Å². The van der Waals surface area contributed by atoms with Gasteiger partial charge >= 0.3 is 24.0 Å². The van der Waals surface area contributed by atoms with E-state index < -0.39 is 73.3 Å². The first kappa shape index (κ1) is 74.4. The van der Waals surface area contributed by atoms with Gasteiger partial charge in [-0.3, -0.25) is 39.2 Å². The van der Waals surface area contributed by atoms with Crippen LogP contribution in [0.1, 0.15) is 123 Å². The number of aliphatic hydroxyl groups is 3. The van der Waals surface area contributed by atoms with Gasteiger partial charge in [-0.05, 0) is 134 Å². The number of aliphatic carboxylic acids is 2. The molecular formula is C74H84N8O20S. The van der Waals surface area contributed by atoms with Crippen LogP contribution in [-0.2, 0) is 49.5 Å². The van der Waals surface area contributed by atoms with Crippen LogP contribution in [-0.4, -0.2) is 199 Å². The van der Waals surface area contributed by atoms with Crippen molar-refractivity contribution in [3.05, 3.63) is 132 Å². The van der Waals surface area contributed by atoms with Crippen molar-refractivity contribution < 1.29 is 97.4 Å². The molecule has 4 aromatic carbocycles. The molecule has 4 heterocycles. The lowest BCUT2D eigenvalue weighted by molar-refractivity contribution is -0.271. The quantitative estimate of drug-likeness (QED) is 0.0108. The van der Waals surface area contributed by atoms with E-state index in [1.165, 1.54) is 52.8 Å². The molecule has 28 nitrogen and oxygen atoms in total. The molecule has 2 aromatic heterocycles. The number of benzene rings is 4. The van der Waals surface area contributed by atoms with Crippen LogP contribution in [0.15, 0.2) is 114 Å². The van der Waals surface area contributed by atoms with E-state index in [1.54, 1.807) is 31.2 Å². The lowest BCUT2D eigenvalue weighted by Gasteiger charge is -2.69. The Morgan fingerprint density at radius 2 is 1.55 bits per heavy atom. The fourth-order valence-electron chi connectivity index (χ4n) is 16.0. The van der Waals surface area contributed by atoms with Crippen LogP contribution >= 0.6 is 11.3 Å². The van der Waals surface area contributed by atoms with Gasteiger partial charge in [0.25, 0.3) is 17.7 Å². The minimum absolute atomic E-state index is 0.00425. The fraction of sp³-hybridized carbons (Fsp3) is 0.446. The highest BCUT2D eigenvalue weighted by Gasteiger charge is 2.66. The molecule has 10 N–H and O–H groups in total. The summed E-state index contributed by atoms with van der Waals surface area (Å²) in [6.45, 7) is 6.50. The Bertz CT molecular complexity index is 4260. The molecular weight excluding hydrogens is 1350 g/mol. The third-order valence-corrected chi connectivity index (χ3v) is 20.5. The second-order valence-corrected chi connectivity index (χ2v) is 28.9. The number of pyridine rings is 1. The summed E-state index contributed by atoms with van der Waals surface area (Å²) in [6, 6.07) is 26.2. The minimum atomic E-state index is -2.02. The van der Waals surface area contributed by atoms with Gasteiger partial charge in [0.1, 0.15) is 43.0 Å². The Labute approximate surface area is 596 Å². The number of aromatic carboxylic acids is 1. The van der Waals surface area contributed by atoms with Gasteiger partial charge in [-0.1, -0.05) is 68.0 Å². The average Bonchev–Trinajstić information content (AvgIpc) is 0.860. The van der Waals surface area contributed by atoms with Crippen LogP contribution in [0.2, 0.25) is 0 Å². The van der Waals surface area contributed by atoms with Crippen molar-refractivity contribution in [3.63, 3.8) is 0 Å². The fourth-order valence-corrected chi connectivity index (χ4v) is 16.8. The summed E-state index contributed by atoms with van der Waals surface area (Å²) >= 11 is 1.37. The van der Waals surface area contributed by atoms with Gasteiger partial charge in [-0.2, -0.15) is 0 Å². The number of thiazole rings is 1. The first-order valence-electron chi connectivity index (χ1n) is 34.1. The minimum Gasteiger partial charge on any atom is -0.491 e. The summed E-state index contributed by atoms with van der Waals surface area (Å²) < 4.78 is 36.6. The Kier molecular flexibility index (Phi) is 23.0. The van der Waals surface area contributed by atoms with Crippen molar-refractivity contribution in [2.45, 2.75) is 134 Å². The van der Waals surface area contributed by atoms with E-state index in [-0.39, 0.29) is 127 Å². The number of imide groups is 1. The second kappa shape index (κ2) is 31.9. The number of hydrogen-bond acceptors (Lipinski definition) is 22. The Balaban J connectivity index is 0.719. The van der Waals surface area contributed by atoms with Crippen molar-refractivity contribution in [1.29, 1.82) is 0 Å². The molecule has 4 aliphatic carbocycles. The van der Waals surface area contributed by atoms with Crippen molar-refractivity contribution >= 4 is 96.4 Å². The normalized spacial score (nSPS) is 24.4. The SMILES string of the molecule is CC(=NCC12CC3(C)CC(C)(C1)CC(OCCN(CCC(=O)O)C(=O)OCc1ccc(OCCOCCNC(=O)CCCCCN4C(=O)C=CC4=O)cc1O[C@H]1O[C@@H](C(=O)O)[C@H](O)C(O)[C@@H]1O)(C3)C2)C(=CN)c1ccc(-c2ccc3cccc(C(=O)Nc4nc5ccccc5s4)c3c2)nc1C(=O)O. The number of anilines is 1. The summed E-state index contributed by atoms with van der Waals surface area (Å²) in [5, 5.41) is 69.8. The maximum Gasteiger partial charge on any atom is 0.410 e. The van der Waals surface area contributed by atoms with Crippen LogP contribution in [0, 0.1) is 16.2 Å². The monoisotopic (exact) mass is 1440 g/mol. The van der Waals surface area contributed by atoms with E-state index in [2.05, 4.69) is 34.4 Å². The number of allylic oxidation sites excluding steroid dienone is 1. The number of nitrogens with one attached hydrogen (secondary N) is 2. The zero-order valence-corrected chi connectivity index (χ0v) is 58.1. The molecule has 546 valence electrons. The van der Waals surface area contributed by atoms with Gasteiger partial charge in [0.2, 0.25) is 12.2 Å². The molecule has 7 atom stereocenters. The third kappa shape index (κ3) is 17.7. The molecule has 4 saturated carbocycles. The van der Waals surface area contributed by atoms with Gasteiger partial charge in [-0.25, -0.2) is 24.4 Å². The zero-order valence-electron chi connectivity index (χ0n) is 57.2. The summed E-state index contributed by atoms with van der Waals surface area (Å²) in [4.78, 5) is 118. The molecule has 0 radical (unpaired) electrons. The Morgan fingerprint density at radius 1 is 0.786 bits per heavy atom. The molecule has 29 heteroatoms. The van der Waals surface area contributed by atoms with Crippen LogP contribution in [0.4, 0.5) is 9.93 Å². The molecule has 5 amide bonds. The van der Waals surface area contributed by atoms with E-state index in [0.29, 0.717) is 70.9 Å². The number of nitrogens with zero attached hydrogens (tertiary/aromatic N) is 5. The summed E-state index contributed by atoms with van der Waals surface area (Å²) in [5.74, 6) is -5.33. The van der Waals surface area contributed by atoms with E-state index in [0.717, 1.165) is 52.6 Å². The first-order valence-corrected chi connectivity index (χ1v) is 34.9. The number of fused-ring (bicyclic) bond motifs is 2. The highest BCUT2D eigenvalue weighted by atomic mass is 32.1. The molecule has 1 saturated heterocycles. The van der Waals surface area contributed by atoms with Crippen LogP contribution in [0.5, 0.6) is 11.5 Å². The standard InChI is InChI=1S/C74H84N8O20S/c1-43(51(34-75)48-19-20-52(78-60(48)66(92)93)45-16-15-44-10-9-11-49(50(44)32-45)65(91)80-69-79-53-12-6-7-13-55(53)103-69)77-42-73-37-71(2)36-72(3,38-73)40-74(39-71,41-73)100-29-27-81(26-23-59(86)87)70(96)99-35-46-17-18-47(33-54(46)101-68-63(90)61(88)62(89)64(102-68)67(94)95)98-31-30-97-28-24-76-56(83)14-5-4-8-25-82-57(84)21-22-58(82)85/h6-7,9-13,15-22,32-34,61-64,68,88-90H,4-5,8,14,23-31,35-42,75H2,1-3H3,(H,76,83)(H,86,87)(H,92,93)(H,94,95)(H,79,80,91)/t61?,62-,63+,64-,68+,71?,72?,73?,74?/m1/s1. The van der Waals surface area contributed by atoms with Crippen molar-refractivity contribution in [2.75, 3.05) is 64.5 Å². The van der Waals surface area contributed by atoms with Crippen LogP contribution in [0.25, 0.3) is 37.8 Å². The predicted molar refractivity (Wildman–Crippen MR) is 376 cm³/mol. The van der Waals surface area contributed by atoms with Crippen molar-refractivity contribution in [2.24, 2.45) is 27.0 Å². The number of aromatic nitrogens is 2. The smallest absolute Gasteiger partial charge is 0.410 e. The lowest BCUT2D eigenvalue weighted by atomic mass is 9.39. The Morgan fingerprint density at radius 3 is 2.28 bits per heavy atom. The Hall–Kier alpha value is -9.75. The molecule has 5 fully saturated rings. The zero-order chi connectivity index (χ0) is 73.4. The number of aliphatic hydroxyl groups excluding tert-OH is 3. The molecule has 6 aliphatic rings. The number of hydrogen-bond donors (Lipinski definition) is 9. The van der Waals surface area contributed by atoms with Gasteiger partial charge < -0.3 is 75.0 Å². The summed E-state index contributed by atoms with van der Waals surface area (Å²) in [6.07, 6.45) is -0.716. The number of para-hydroxylation sites is 1. The predicted octanol–water partition coefficient (Wildman–Crippen LogP) is 7.74. The van der Waals surface area contributed by atoms with Gasteiger partial charge in [0.15, 0.2) is 16.9 Å². The second-order valence-electron chi connectivity index (χ2n) is 27.9. The topological polar surface area (TPSA) is 408 Å². The summed E-state index contributed by atoms with van der Waals surface area (Å²) in [7, 11) is 0. The largest absolute Gasteiger partial charge is 0.491 e. The number of aliphatic imine (C=N–C) groups is 1. The van der Waals surface area contributed by atoms with Gasteiger partial charge in [0, 0.05) is 97.1 Å². The molecule has 4 bridgehead atoms. The summed E-state index contributed by atoms with van der Waals surface area (Å²) in [5.41, 5.74) is 8.18. The van der Waals surface area contributed by atoms with E-state index in [9.17, 15) is 69.0 Å². The molecule has 6 aromatic rings. The molecule has 103 heavy (non-hydrogen) atoms. The molecule has 2 aliphatic heterocycles. The maximum atomic E-state index is 14.1. The number of carbonyl (C=O) groups is 8. The third-order valence-electron chi connectivity index (χ3n) is 19.5. The number of ether oxygens (including phenoxy) is 6. The van der Waals surface area contributed by atoms with Gasteiger partial charge in [-0.15, -0.1) is 0 Å². The van der Waals surface area contributed by atoms with E-state index in [1.807, 2.05) is 48.5 Å². The first-order chi connectivity index (χ1) is 49.2. The molecule has 3 unspecified atom stereocenters. The highest BCUT2D eigenvalue weighted by Crippen LogP contribution is 2.71. The number of amides is 5. The number of carbonyl (C=O) groups excluding carboxylic acids is 5. The van der Waals surface area contributed by atoms with Crippen LogP contribution < -0.4 is 25.8 Å². The highest BCUT2D eigenvalue weighted by molar-refractivity contribution is 7.22. The number of nitrogens with two attached hydrogens (primary N) is 1.